The molecule has 2 atom stereocenters. The molecule has 0 spiro atoms. The molecule has 0 radical (unpaired) electrons. The molecule has 0 saturated heterocycles. The number of hydrogen-bond donors (Lipinski definition) is 2. The summed E-state index contributed by atoms with van der Waals surface area (Å²) >= 11 is 0. The van der Waals surface area contributed by atoms with Crippen LogP contribution in [0, 0.1) is 5.41 Å². The van der Waals surface area contributed by atoms with E-state index in [2.05, 4.69) is 13.8 Å². The van der Waals surface area contributed by atoms with E-state index in [9.17, 15) is 18.6 Å². The highest BCUT2D eigenvalue weighted by Crippen LogP contribution is 2.50. The van der Waals surface area contributed by atoms with Crippen LogP contribution in [-0.4, -0.2) is 70.4 Å². The predicted octanol–water partition coefficient (Wildman–Crippen LogP) is 5.41. The van der Waals surface area contributed by atoms with Crippen LogP contribution in [0.4, 0.5) is 5.69 Å². The maximum atomic E-state index is 14.0. The zero-order valence-corrected chi connectivity index (χ0v) is 30.5. The third-order valence-corrected chi connectivity index (χ3v) is 10.8. The quantitative estimate of drug-likeness (QED) is 0.128. The van der Waals surface area contributed by atoms with E-state index in [1.807, 2.05) is 72.2 Å². The van der Waals surface area contributed by atoms with Gasteiger partial charge < -0.3 is 24.4 Å². The molecule has 2 heterocycles. The molecule has 10 nitrogen and oxygen atoms in total. The van der Waals surface area contributed by atoms with Gasteiger partial charge in [-0.05, 0) is 66.8 Å². The fourth-order valence-electron chi connectivity index (χ4n) is 6.40. The van der Waals surface area contributed by atoms with Crippen molar-refractivity contribution in [3.05, 3.63) is 78.1 Å². The highest BCUT2D eigenvalue weighted by molar-refractivity contribution is 7.91. The second-order valence-electron chi connectivity index (χ2n) is 13.0. The molecule has 266 valence electrons. The fraction of sp³-hybridized carbons (Fsp3) is 0.528. The van der Waals surface area contributed by atoms with Crippen molar-refractivity contribution >= 4 is 25.6 Å². The molecule has 48 heavy (non-hydrogen) atoms. The van der Waals surface area contributed by atoms with Crippen LogP contribution in [0.1, 0.15) is 82.3 Å². The summed E-state index contributed by atoms with van der Waals surface area (Å²) in [5.41, 5.74) is 1.75. The van der Waals surface area contributed by atoms with Crippen molar-refractivity contribution in [3.8, 4) is 11.5 Å². The van der Waals surface area contributed by atoms with Gasteiger partial charge in [-0.1, -0.05) is 51.7 Å². The van der Waals surface area contributed by atoms with Crippen molar-refractivity contribution < 1.29 is 40.9 Å². The van der Waals surface area contributed by atoms with Gasteiger partial charge in [0.05, 0.1) is 33.5 Å². The molecule has 0 unspecified atom stereocenters. The molecule has 0 bridgehead atoms. The van der Waals surface area contributed by atoms with Gasteiger partial charge in [-0.15, -0.1) is 0 Å². The molecular weight excluding hydrogens is 653 g/mol. The number of anilines is 1. The smallest absolute Gasteiger partial charge is 0.210 e. The fourth-order valence-corrected chi connectivity index (χ4v) is 8.59. The van der Waals surface area contributed by atoms with Crippen LogP contribution in [0.25, 0.3) is 0 Å². The van der Waals surface area contributed by atoms with E-state index >= 15 is 0 Å². The molecule has 2 aromatic carbocycles. The van der Waals surface area contributed by atoms with Gasteiger partial charge in [0.15, 0.2) is 21.8 Å². The Hall–Kier alpha value is -3.19. The predicted molar refractivity (Wildman–Crippen MR) is 187 cm³/mol. The van der Waals surface area contributed by atoms with Crippen LogP contribution in [0.5, 0.6) is 11.5 Å². The average molecular weight is 705 g/mol. The SMILES string of the molecule is CCCCC1(CCCC)CS(=O)(=O)c2ccc(N(C)C)cc2[C@@H](c2ccc(OCCCC[n+]3cccc(O)c3)cc2)[C@H]1O.CS(=O)(=O)[O-]. The minimum Gasteiger partial charge on any atom is -0.748 e. The van der Waals surface area contributed by atoms with Crippen LogP contribution >= 0.6 is 0 Å². The third-order valence-electron chi connectivity index (χ3n) is 8.82. The highest BCUT2D eigenvalue weighted by atomic mass is 32.2. The summed E-state index contributed by atoms with van der Waals surface area (Å²) in [5, 5.41) is 22.0. The lowest BCUT2D eigenvalue weighted by atomic mass is 9.68. The Morgan fingerprint density at radius 2 is 1.62 bits per heavy atom. The zero-order chi connectivity index (χ0) is 35.5. The van der Waals surface area contributed by atoms with Crippen LogP contribution in [0.2, 0.25) is 0 Å². The first kappa shape index (κ1) is 39.3. The Bertz CT molecular complexity index is 1660. The number of benzene rings is 2. The lowest BCUT2D eigenvalue weighted by Gasteiger charge is -2.40. The Kier molecular flexibility index (Phi) is 14.3. The van der Waals surface area contributed by atoms with Crippen molar-refractivity contribution in [3.63, 3.8) is 0 Å². The highest BCUT2D eigenvalue weighted by Gasteiger charge is 2.49. The summed E-state index contributed by atoms with van der Waals surface area (Å²) in [4.78, 5) is 2.31. The van der Waals surface area contributed by atoms with Crippen molar-refractivity contribution in [1.82, 2.24) is 0 Å². The van der Waals surface area contributed by atoms with Gasteiger partial charge in [0.25, 0.3) is 0 Å². The van der Waals surface area contributed by atoms with Gasteiger partial charge in [-0.3, -0.25) is 0 Å². The van der Waals surface area contributed by atoms with E-state index in [4.69, 9.17) is 17.7 Å². The number of ether oxygens (including phenoxy) is 1. The van der Waals surface area contributed by atoms with Crippen LogP contribution in [-0.2, 0) is 26.5 Å². The first-order valence-corrected chi connectivity index (χ1v) is 20.1. The van der Waals surface area contributed by atoms with Gasteiger partial charge in [0, 0.05) is 49.9 Å². The number of aromatic hydroxyl groups is 1. The monoisotopic (exact) mass is 704 g/mol. The molecule has 12 heteroatoms. The normalized spacial score (nSPS) is 18.1. The summed E-state index contributed by atoms with van der Waals surface area (Å²) in [5.74, 6) is 0.488. The van der Waals surface area contributed by atoms with Crippen molar-refractivity contribution in [2.75, 3.05) is 37.6 Å². The number of sulfone groups is 1. The molecule has 1 aromatic heterocycles. The Balaban J connectivity index is 0.00000116. The number of aliphatic hydroxyl groups is 1. The van der Waals surface area contributed by atoms with Gasteiger partial charge in [-0.25, -0.2) is 21.4 Å². The molecule has 0 aliphatic carbocycles. The van der Waals surface area contributed by atoms with E-state index in [0.29, 0.717) is 36.2 Å². The maximum Gasteiger partial charge on any atom is 0.210 e. The molecular formula is C36H52N2O8S2. The van der Waals surface area contributed by atoms with Crippen molar-refractivity contribution in [1.29, 1.82) is 0 Å². The Labute approximate surface area is 287 Å². The summed E-state index contributed by atoms with van der Waals surface area (Å²) in [6.45, 7) is 5.59. The zero-order valence-electron chi connectivity index (χ0n) is 28.8. The largest absolute Gasteiger partial charge is 0.748 e. The minimum atomic E-state index is -3.92. The van der Waals surface area contributed by atoms with Gasteiger partial charge in [0.2, 0.25) is 6.20 Å². The van der Waals surface area contributed by atoms with Crippen LogP contribution in [0.15, 0.2) is 71.9 Å². The van der Waals surface area contributed by atoms with E-state index in [0.717, 1.165) is 62.1 Å². The number of nitrogens with zero attached hydrogens (tertiary/aromatic N) is 2. The molecule has 4 rings (SSSR count). The second-order valence-corrected chi connectivity index (χ2v) is 16.4. The molecule has 0 saturated carbocycles. The number of pyridine rings is 1. The first-order chi connectivity index (χ1) is 22.6. The van der Waals surface area contributed by atoms with Gasteiger partial charge >= 0.3 is 0 Å². The lowest BCUT2D eigenvalue weighted by molar-refractivity contribution is -0.697. The summed E-state index contributed by atoms with van der Waals surface area (Å²) in [6.07, 6.45) is 10.2. The Morgan fingerprint density at radius 1 is 1.00 bits per heavy atom. The number of rotatable bonds is 14. The summed E-state index contributed by atoms with van der Waals surface area (Å²) in [7, 11) is -3.66. The number of aryl methyl sites for hydroxylation is 1. The van der Waals surface area contributed by atoms with Gasteiger partial charge in [0.1, 0.15) is 12.3 Å². The number of hydrogen-bond acceptors (Lipinski definition) is 9. The molecule has 1 aliphatic heterocycles. The molecule has 0 fully saturated rings. The number of fused-ring (bicyclic) bond motifs is 1. The van der Waals surface area contributed by atoms with Crippen LogP contribution < -0.4 is 14.2 Å². The van der Waals surface area contributed by atoms with E-state index in [1.165, 1.54) is 0 Å². The standard InChI is InChI=1S/C35H48N2O5S.CH4O3S/c1-5-7-19-35(20-8-6-2)26-43(40,41)32-18-15-28(36(3)4)24-31(32)33(34(35)39)27-13-16-30(17-14-27)42-23-10-9-21-37-22-11-12-29(38)25-37;1-5(2,3)4/h11-18,22,24-25,33-34,39H,5-10,19-21,23,26H2,1-4H3;1H3,(H,2,3,4)/t33-,34-;/m1./s1. The number of aliphatic hydroxyl groups excluding tert-OH is 1. The molecule has 2 N–H and O–H groups in total. The Morgan fingerprint density at radius 3 is 2.19 bits per heavy atom. The minimum absolute atomic E-state index is 0.0337. The van der Waals surface area contributed by atoms with E-state index < -0.39 is 37.4 Å². The van der Waals surface area contributed by atoms with Crippen molar-refractivity contribution in [2.45, 2.75) is 88.7 Å². The lowest BCUT2D eigenvalue weighted by Crippen LogP contribution is -2.43. The van der Waals surface area contributed by atoms with Crippen molar-refractivity contribution in [2.24, 2.45) is 5.41 Å². The summed E-state index contributed by atoms with van der Waals surface area (Å²) in [6, 6.07) is 16.9. The number of aromatic nitrogens is 1. The second kappa shape index (κ2) is 17.5. The molecule has 3 aromatic rings. The third kappa shape index (κ3) is 11.2. The van der Waals surface area contributed by atoms with E-state index in [-0.39, 0.29) is 11.5 Å². The first-order valence-electron chi connectivity index (χ1n) is 16.6. The topological polar surface area (TPSA) is 148 Å². The van der Waals surface area contributed by atoms with Gasteiger partial charge in [-0.2, -0.15) is 0 Å². The molecule has 1 aliphatic rings. The summed E-state index contributed by atoms with van der Waals surface area (Å²) < 4.78 is 63.3. The number of unbranched alkanes of at least 4 members (excludes halogenated alkanes) is 3. The van der Waals surface area contributed by atoms with E-state index in [1.54, 1.807) is 18.3 Å². The van der Waals surface area contributed by atoms with Crippen LogP contribution in [0.3, 0.4) is 0 Å². The molecule has 0 amide bonds. The average Bonchev–Trinajstić information content (AvgIpc) is 3.08. The maximum absolute atomic E-state index is 14.0.